The highest BCUT2D eigenvalue weighted by Gasteiger charge is 2.26. The summed E-state index contributed by atoms with van der Waals surface area (Å²) in [5, 5.41) is 0.849. The first-order valence-corrected chi connectivity index (χ1v) is 10.1. The van der Waals surface area contributed by atoms with Gasteiger partial charge in [-0.25, -0.2) is 9.37 Å². The van der Waals surface area contributed by atoms with Crippen LogP contribution in [0.4, 0.5) is 4.39 Å². The fraction of sp³-hybridized carbons (Fsp3) is 0.208. The van der Waals surface area contributed by atoms with E-state index in [0.29, 0.717) is 28.3 Å². The van der Waals surface area contributed by atoms with Gasteiger partial charge in [-0.3, -0.25) is 9.79 Å². The van der Waals surface area contributed by atoms with Crippen molar-refractivity contribution in [3.8, 4) is 11.3 Å². The van der Waals surface area contributed by atoms with Gasteiger partial charge < -0.3 is 17.2 Å². The molecule has 31 heavy (non-hydrogen) atoms. The number of rotatable bonds is 5. The van der Waals surface area contributed by atoms with Crippen molar-refractivity contribution in [3.63, 3.8) is 0 Å². The van der Waals surface area contributed by atoms with Crippen LogP contribution in [0, 0.1) is 11.7 Å². The Morgan fingerprint density at radius 3 is 2.45 bits per heavy atom. The van der Waals surface area contributed by atoms with Gasteiger partial charge in [-0.15, -0.1) is 0 Å². The number of amides is 1. The molecule has 2 aromatic carbocycles. The fourth-order valence-corrected chi connectivity index (χ4v) is 3.87. The largest absolute Gasteiger partial charge is 0.397 e. The molecule has 1 fully saturated rings. The van der Waals surface area contributed by atoms with Gasteiger partial charge in [-0.1, -0.05) is 37.3 Å². The highest BCUT2D eigenvalue weighted by atomic mass is 19.1. The van der Waals surface area contributed by atoms with Crippen molar-refractivity contribution in [2.75, 3.05) is 0 Å². The van der Waals surface area contributed by atoms with Gasteiger partial charge in [0, 0.05) is 16.5 Å². The number of primary amides is 1. The lowest BCUT2D eigenvalue weighted by Crippen LogP contribution is -2.33. The minimum Gasteiger partial charge on any atom is -0.397 e. The zero-order chi connectivity index (χ0) is 22.1. The van der Waals surface area contributed by atoms with Crippen LogP contribution in [-0.2, 0) is 4.79 Å². The highest BCUT2D eigenvalue weighted by Crippen LogP contribution is 2.30. The number of nitrogens with zero attached hydrogens (tertiary/aromatic N) is 2. The van der Waals surface area contributed by atoms with Gasteiger partial charge in [0.25, 0.3) is 5.91 Å². The lowest BCUT2D eigenvalue weighted by Gasteiger charge is -2.29. The number of aromatic nitrogens is 1. The first-order valence-electron chi connectivity index (χ1n) is 10.1. The van der Waals surface area contributed by atoms with Crippen molar-refractivity contribution in [1.29, 1.82) is 0 Å². The van der Waals surface area contributed by atoms with Gasteiger partial charge in [0.2, 0.25) is 0 Å². The summed E-state index contributed by atoms with van der Waals surface area (Å²) in [4.78, 5) is 21.1. The summed E-state index contributed by atoms with van der Waals surface area (Å²) in [7, 11) is 0. The molecular weight excluding hydrogens is 393 g/mol. The highest BCUT2D eigenvalue weighted by molar-refractivity contribution is 6.24. The van der Waals surface area contributed by atoms with Crippen LogP contribution in [0.25, 0.3) is 27.9 Å². The van der Waals surface area contributed by atoms with Crippen molar-refractivity contribution in [2.24, 2.45) is 28.1 Å². The van der Waals surface area contributed by atoms with Crippen LogP contribution in [0.1, 0.15) is 25.3 Å². The molecule has 1 aromatic heterocycles. The topological polar surface area (TPSA) is 120 Å². The van der Waals surface area contributed by atoms with Crippen LogP contribution >= 0.6 is 0 Å². The fourth-order valence-electron chi connectivity index (χ4n) is 3.87. The first-order chi connectivity index (χ1) is 14.8. The Bertz CT molecular complexity index is 1230. The Morgan fingerprint density at radius 1 is 1.06 bits per heavy atom. The van der Waals surface area contributed by atoms with E-state index in [0.717, 1.165) is 18.2 Å². The number of nitrogens with two attached hydrogens (primary N) is 3. The standard InChI is InChI=1S/C24H24FN5O/c1-13-10-16(11-13)29-23(27)21(24(28)31)22(26)15-7-6-14-8-9-19(30-20(14)12-15)17-4-2-3-5-18(17)25/h2-9,12-13,16H,10-11,26H2,1H3,(H2,27,29)(H2,28,31)/b22-21+. The number of carbonyl (C=O) groups excluding carboxylic acids is 1. The maximum Gasteiger partial charge on any atom is 0.254 e. The third kappa shape index (κ3) is 4.12. The molecule has 1 aliphatic carbocycles. The number of aliphatic imine (C=N–C) groups is 1. The van der Waals surface area contributed by atoms with Gasteiger partial charge in [0.15, 0.2) is 0 Å². The monoisotopic (exact) mass is 417 g/mol. The van der Waals surface area contributed by atoms with Gasteiger partial charge in [-0.05, 0) is 43.0 Å². The molecule has 6 nitrogen and oxygen atoms in total. The van der Waals surface area contributed by atoms with Gasteiger partial charge >= 0.3 is 0 Å². The molecule has 1 amide bonds. The zero-order valence-corrected chi connectivity index (χ0v) is 17.2. The second-order valence-electron chi connectivity index (χ2n) is 7.98. The van der Waals surface area contributed by atoms with Crippen molar-refractivity contribution < 1.29 is 9.18 Å². The van der Waals surface area contributed by atoms with E-state index < -0.39 is 5.91 Å². The molecule has 1 aliphatic rings. The maximum absolute atomic E-state index is 14.2. The summed E-state index contributed by atoms with van der Waals surface area (Å²) in [6.45, 7) is 2.14. The molecule has 3 aromatic rings. The van der Waals surface area contributed by atoms with Gasteiger partial charge in [0.1, 0.15) is 17.2 Å². The molecule has 7 heteroatoms. The van der Waals surface area contributed by atoms with E-state index >= 15 is 0 Å². The number of carbonyl (C=O) groups is 1. The van der Waals surface area contributed by atoms with Crippen LogP contribution < -0.4 is 17.2 Å². The molecule has 1 heterocycles. The number of fused-ring (bicyclic) bond motifs is 1. The summed E-state index contributed by atoms with van der Waals surface area (Å²) < 4.78 is 14.2. The minimum atomic E-state index is -0.737. The number of amidine groups is 1. The quantitative estimate of drug-likeness (QED) is 0.335. The van der Waals surface area contributed by atoms with Crippen LogP contribution in [0.15, 0.2) is 65.2 Å². The number of benzene rings is 2. The van der Waals surface area contributed by atoms with Crippen LogP contribution in [0.5, 0.6) is 0 Å². The Morgan fingerprint density at radius 2 is 1.77 bits per heavy atom. The molecule has 0 radical (unpaired) electrons. The Labute approximate surface area is 179 Å². The summed E-state index contributed by atoms with van der Waals surface area (Å²) in [6, 6.07) is 15.5. The number of hydrogen-bond acceptors (Lipinski definition) is 4. The second-order valence-corrected chi connectivity index (χ2v) is 7.98. The first kappa shape index (κ1) is 20.5. The van der Waals surface area contributed by atoms with Gasteiger partial charge in [-0.2, -0.15) is 0 Å². The average molecular weight is 417 g/mol. The van der Waals surface area contributed by atoms with Crippen molar-refractivity contribution in [3.05, 3.63) is 71.6 Å². The average Bonchev–Trinajstić information content (AvgIpc) is 2.72. The van der Waals surface area contributed by atoms with E-state index in [4.69, 9.17) is 17.2 Å². The lowest BCUT2D eigenvalue weighted by molar-refractivity contribution is -0.114. The van der Waals surface area contributed by atoms with Crippen molar-refractivity contribution in [1.82, 2.24) is 4.98 Å². The Balaban J connectivity index is 1.76. The zero-order valence-electron chi connectivity index (χ0n) is 17.2. The van der Waals surface area contributed by atoms with Crippen molar-refractivity contribution in [2.45, 2.75) is 25.8 Å². The molecule has 0 atom stereocenters. The predicted octanol–water partition coefficient (Wildman–Crippen LogP) is 3.35. The normalized spacial score (nSPS) is 19.6. The van der Waals surface area contributed by atoms with E-state index in [9.17, 15) is 9.18 Å². The molecule has 6 N–H and O–H groups in total. The van der Waals surface area contributed by atoms with Crippen molar-refractivity contribution >= 4 is 28.3 Å². The molecule has 0 bridgehead atoms. The van der Waals surface area contributed by atoms with E-state index in [1.165, 1.54) is 6.07 Å². The van der Waals surface area contributed by atoms with Gasteiger partial charge in [0.05, 0.1) is 22.9 Å². The molecule has 0 spiro atoms. The molecule has 0 aliphatic heterocycles. The molecule has 4 rings (SSSR count). The Hall–Kier alpha value is -3.74. The summed E-state index contributed by atoms with van der Waals surface area (Å²) >= 11 is 0. The van der Waals surface area contributed by atoms with Crippen LogP contribution in [0.3, 0.4) is 0 Å². The van der Waals surface area contributed by atoms with E-state index in [1.807, 2.05) is 12.1 Å². The third-order valence-corrected chi connectivity index (χ3v) is 5.60. The smallest absolute Gasteiger partial charge is 0.254 e. The number of hydrogen-bond donors (Lipinski definition) is 3. The molecular formula is C24H24FN5O. The second kappa shape index (κ2) is 8.18. The van der Waals surface area contributed by atoms with E-state index in [-0.39, 0.29) is 29.0 Å². The SMILES string of the molecule is CC1CC(N=C(N)/C(C(N)=O)=C(\N)c2ccc3ccc(-c4ccccc4F)nc3c2)C1. The minimum absolute atomic E-state index is 0.00385. The van der Waals surface area contributed by atoms with E-state index in [2.05, 4.69) is 16.9 Å². The van der Waals surface area contributed by atoms with Crippen LogP contribution in [-0.4, -0.2) is 22.8 Å². The lowest BCUT2D eigenvalue weighted by atomic mass is 9.82. The number of pyridine rings is 1. The van der Waals surface area contributed by atoms with E-state index in [1.54, 1.807) is 36.4 Å². The molecule has 0 saturated heterocycles. The number of halogens is 1. The van der Waals surface area contributed by atoms with Crippen LogP contribution in [0.2, 0.25) is 0 Å². The summed E-state index contributed by atoms with van der Waals surface area (Å²) in [5.74, 6) is -0.445. The molecule has 158 valence electrons. The summed E-state index contributed by atoms with van der Waals surface area (Å²) in [6.07, 6.45) is 1.84. The molecule has 1 saturated carbocycles. The predicted molar refractivity (Wildman–Crippen MR) is 121 cm³/mol. The summed E-state index contributed by atoms with van der Waals surface area (Å²) in [5.41, 5.74) is 20.2. The Kier molecular flexibility index (Phi) is 5.42. The maximum atomic E-state index is 14.2. The molecule has 0 unspecified atom stereocenters. The third-order valence-electron chi connectivity index (χ3n) is 5.60.